The Morgan fingerprint density at radius 3 is 2.07 bits per heavy atom. The summed E-state index contributed by atoms with van der Waals surface area (Å²) in [5, 5.41) is 26.8. The van der Waals surface area contributed by atoms with Gasteiger partial charge in [0.25, 0.3) is 0 Å². The van der Waals surface area contributed by atoms with Gasteiger partial charge in [-0.25, -0.2) is 4.79 Å². The zero-order chi connectivity index (χ0) is 12.2. The molecule has 0 aromatic heterocycles. The van der Waals surface area contributed by atoms with Crippen LogP contribution < -0.4 is 5.32 Å². The Morgan fingerprint density at radius 1 is 1.27 bits per heavy atom. The molecule has 88 valence electrons. The maximum absolute atomic E-state index is 11.6. The number of hydrogen-bond donors (Lipinski definition) is 4. The number of aliphatic hydroxyl groups is 2. The third kappa shape index (κ3) is 4.61. The molecule has 0 unspecified atom stereocenters. The molecule has 0 fully saturated rings. The summed E-state index contributed by atoms with van der Waals surface area (Å²) in [5.74, 6) is -4.12. The summed E-state index contributed by atoms with van der Waals surface area (Å²) in [7, 11) is 0. The second kappa shape index (κ2) is 4.94. The largest absolute Gasteiger partial charge is 0.479 e. The van der Waals surface area contributed by atoms with E-state index in [2.05, 4.69) is 0 Å². The Kier molecular flexibility index (Phi) is 4.49. The van der Waals surface area contributed by atoms with E-state index in [9.17, 15) is 22.8 Å². The monoisotopic (exact) mass is 231 g/mol. The van der Waals surface area contributed by atoms with Crippen LogP contribution in [0.3, 0.4) is 0 Å². The minimum Gasteiger partial charge on any atom is -0.479 e. The molecule has 0 rings (SSSR count). The maximum Gasteiger partial charge on any atom is 0.471 e. The van der Waals surface area contributed by atoms with Gasteiger partial charge in [0.05, 0.1) is 0 Å². The number of aliphatic hydroxyl groups excluding tert-OH is 2. The molecule has 0 aromatic carbocycles. The number of hydrogen-bond acceptors (Lipinski definition) is 4. The smallest absolute Gasteiger partial charge is 0.471 e. The Morgan fingerprint density at radius 2 is 1.73 bits per heavy atom. The molecular formula is C6H8F3NO5. The minimum atomic E-state index is -5.12. The van der Waals surface area contributed by atoms with Crippen molar-refractivity contribution < 1.29 is 38.1 Å². The molecule has 4 N–H and O–H groups in total. The van der Waals surface area contributed by atoms with E-state index >= 15 is 0 Å². The van der Waals surface area contributed by atoms with Crippen LogP contribution in [0.2, 0.25) is 0 Å². The molecule has 2 atom stereocenters. The third-order valence-corrected chi connectivity index (χ3v) is 1.35. The number of carboxylic acids is 1. The van der Waals surface area contributed by atoms with Gasteiger partial charge < -0.3 is 20.6 Å². The molecule has 0 radical (unpaired) electrons. The highest BCUT2D eigenvalue weighted by Crippen LogP contribution is 2.13. The van der Waals surface area contributed by atoms with E-state index in [1.54, 1.807) is 0 Å². The summed E-state index contributed by atoms with van der Waals surface area (Å²) < 4.78 is 34.8. The second-order valence-corrected chi connectivity index (χ2v) is 2.56. The zero-order valence-corrected chi connectivity index (χ0v) is 7.15. The number of nitrogens with one attached hydrogen (secondary N) is 1. The highest BCUT2D eigenvalue weighted by atomic mass is 19.4. The van der Waals surface area contributed by atoms with Crippen molar-refractivity contribution >= 4 is 11.9 Å². The summed E-state index contributed by atoms with van der Waals surface area (Å²) >= 11 is 0. The molecular weight excluding hydrogens is 223 g/mol. The topological polar surface area (TPSA) is 107 Å². The first-order valence-electron chi connectivity index (χ1n) is 3.60. The van der Waals surface area contributed by atoms with Crippen molar-refractivity contribution in [1.29, 1.82) is 0 Å². The van der Waals surface area contributed by atoms with Crippen LogP contribution in [0, 0.1) is 0 Å². The highest BCUT2D eigenvalue weighted by molar-refractivity contribution is 5.81. The Hall–Kier alpha value is -1.35. The van der Waals surface area contributed by atoms with Crippen molar-refractivity contribution in [2.75, 3.05) is 6.54 Å². The molecule has 9 heteroatoms. The molecule has 0 spiro atoms. The van der Waals surface area contributed by atoms with E-state index in [0.717, 1.165) is 0 Å². The van der Waals surface area contributed by atoms with E-state index in [1.807, 2.05) is 0 Å². The fraction of sp³-hybridized carbons (Fsp3) is 0.667. The van der Waals surface area contributed by atoms with Gasteiger partial charge in [-0.15, -0.1) is 0 Å². The maximum atomic E-state index is 11.6. The minimum absolute atomic E-state index is 1.01. The number of alkyl halides is 3. The summed E-state index contributed by atoms with van der Waals surface area (Å²) in [6, 6.07) is 0. The first kappa shape index (κ1) is 13.7. The van der Waals surface area contributed by atoms with Crippen molar-refractivity contribution in [3.8, 4) is 0 Å². The SMILES string of the molecule is O=C(O)[C@@H](O)[C@@H](O)CNC(=O)C(F)(F)F. The van der Waals surface area contributed by atoms with Gasteiger partial charge in [0.2, 0.25) is 0 Å². The number of halogens is 3. The first-order valence-corrected chi connectivity index (χ1v) is 3.60. The average molecular weight is 231 g/mol. The molecule has 15 heavy (non-hydrogen) atoms. The molecule has 0 aliphatic heterocycles. The lowest BCUT2D eigenvalue weighted by Crippen LogP contribution is -2.46. The van der Waals surface area contributed by atoms with Crippen molar-refractivity contribution in [1.82, 2.24) is 5.32 Å². The second-order valence-electron chi connectivity index (χ2n) is 2.56. The standard InChI is InChI=1S/C6H8F3NO5/c7-6(8,9)5(15)10-1-2(11)3(12)4(13)14/h2-3,11-12H,1H2,(H,10,15)(H,13,14)/t2-,3-/m0/s1. The van der Waals surface area contributed by atoms with Gasteiger partial charge in [0.1, 0.15) is 6.10 Å². The van der Waals surface area contributed by atoms with Gasteiger partial charge in [-0.2, -0.15) is 13.2 Å². The average Bonchev–Trinajstić information content (AvgIpc) is 2.10. The summed E-state index contributed by atoms with van der Waals surface area (Å²) in [6.07, 6.45) is -9.37. The van der Waals surface area contributed by atoms with E-state index in [4.69, 9.17) is 15.3 Å². The molecule has 0 saturated heterocycles. The van der Waals surface area contributed by atoms with Crippen LogP contribution in [-0.4, -0.2) is 52.1 Å². The van der Waals surface area contributed by atoms with Crippen molar-refractivity contribution in [2.24, 2.45) is 0 Å². The zero-order valence-electron chi connectivity index (χ0n) is 7.15. The predicted octanol–water partition coefficient (Wildman–Crippen LogP) is -1.53. The van der Waals surface area contributed by atoms with Gasteiger partial charge in [-0.05, 0) is 0 Å². The van der Waals surface area contributed by atoms with Crippen molar-refractivity contribution in [2.45, 2.75) is 18.4 Å². The van der Waals surface area contributed by atoms with E-state index in [1.165, 1.54) is 5.32 Å². The molecule has 6 nitrogen and oxygen atoms in total. The number of rotatable bonds is 4. The van der Waals surface area contributed by atoms with Crippen molar-refractivity contribution in [3.05, 3.63) is 0 Å². The first-order chi connectivity index (χ1) is 6.66. The Labute approximate surface area is 81.3 Å². The summed E-state index contributed by atoms with van der Waals surface area (Å²) in [6.45, 7) is -1.01. The predicted molar refractivity (Wildman–Crippen MR) is 38.7 cm³/mol. The van der Waals surface area contributed by atoms with Crippen LogP contribution in [0.5, 0.6) is 0 Å². The van der Waals surface area contributed by atoms with Gasteiger partial charge in [-0.3, -0.25) is 4.79 Å². The van der Waals surface area contributed by atoms with Crippen molar-refractivity contribution in [3.63, 3.8) is 0 Å². The molecule has 0 saturated carbocycles. The van der Waals surface area contributed by atoms with E-state index in [-0.39, 0.29) is 0 Å². The van der Waals surface area contributed by atoms with Crippen LogP contribution >= 0.6 is 0 Å². The number of amides is 1. The van der Waals surface area contributed by atoms with Gasteiger partial charge >= 0.3 is 18.1 Å². The summed E-state index contributed by atoms with van der Waals surface area (Å²) in [5.41, 5.74) is 0. The lowest BCUT2D eigenvalue weighted by atomic mass is 10.2. The van der Waals surface area contributed by atoms with Crippen LogP contribution in [0.25, 0.3) is 0 Å². The lowest BCUT2D eigenvalue weighted by Gasteiger charge is -2.15. The summed E-state index contributed by atoms with van der Waals surface area (Å²) in [4.78, 5) is 20.2. The third-order valence-electron chi connectivity index (χ3n) is 1.35. The van der Waals surface area contributed by atoms with E-state index in [0.29, 0.717) is 0 Å². The van der Waals surface area contributed by atoms with Gasteiger partial charge in [0.15, 0.2) is 6.10 Å². The Bertz CT molecular complexity index is 254. The normalized spacial score (nSPS) is 15.5. The highest BCUT2D eigenvalue weighted by Gasteiger charge is 2.39. The van der Waals surface area contributed by atoms with Crippen LogP contribution in [0.4, 0.5) is 13.2 Å². The van der Waals surface area contributed by atoms with E-state index < -0.39 is 36.8 Å². The quantitative estimate of drug-likeness (QED) is 0.469. The van der Waals surface area contributed by atoms with Crippen LogP contribution in [0.15, 0.2) is 0 Å². The van der Waals surface area contributed by atoms with Crippen LogP contribution in [-0.2, 0) is 9.59 Å². The number of carbonyl (C=O) groups excluding carboxylic acids is 1. The number of carbonyl (C=O) groups is 2. The number of aliphatic carboxylic acids is 1. The van der Waals surface area contributed by atoms with Crippen LogP contribution in [0.1, 0.15) is 0 Å². The lowest BCUT2D eigenvalue weighted by molar-refractivity contribution is -0.174. The molecule has 0 bridgehead atoms. The number of carboxylic acid groups (broad SMARTS) is 1. The molecule has 0 aromatic rings. The fourth-order valence-electron chi connectivity index (χ4n) is 0.574. The van der Waals surface area contributed by atoms with Gasteiger partial charge in [-0.1, -0.05) is 0 Å². The fourth-order valence-corrected chi connectivity index (χ4v) is 0.574. The molecule has 0 heterocycles. The molecule has 0 aliphatic rings. The molecule has 0 aliphatic carbocycles. The Balaban J connectivity index is 4.07. The van der Waals surface area contributed by atoms with Gasteiger partial charge in [0, 0.05) is 6.54 Å². The molecule has 1 amide bonds.